The van der Waals surface area contributed by atoms with E-state index in [2.05, 4.69) is 0 Å². The molecule has 0 N–H and O–H groups in total. The van der Waals surface area contributed by atoms with Crippen LogP contribution in [0.4, 0.5) is 0 Å². The molecule has 0 aliphatic carbocycles. The fourth-order valence-corrected chi connectivity index (χ4v) is 0.743. The predicted molar refractivity (Wildman–Crippen MR) is 67.1 cm³/mol. The molecule has 0 spiro atoms. The van der Waals surface area contributed by atoms with Crippen molar-refractivity contribution in [2.45, 2.75) is 6.92 Å². The van der Waals surface area contributed by atoms with Crippen LogP contribution in [0.3, 0.4) is 0 Å². The van der Waals surface area contributed by atoms with Gasteiger partial charge in [-0.1, -0.05) is 22.6 Å². The molecule has 0 unspecified atom stereocenters. The first-order valence-corrected chi connectivity index (χ1v) is 8.46. The summed E-state index contributed by atoms with van der Waals surface area (Å²) in [5.41, 5.74) is 0. The maximum absolute atomic E-state index is 10.6. The van der Waals surface area contributed by atoms with Crippen molar-refractivity contribution in [3.63, 3.8) is 0 Å². The third-order valence-corrected chi connectivity index (χ3v) is 1.95. The number of hydrogen-bond donors (Lipinski definition) is 0. The fraction of sp³-hybridized carbons (Fsp3) is 0.375. The molecule has 0 fully saturated rings. The SMILES string of the molecule is CCN1C(=O)C=CC1=O.O=C([O-])CI.[Cl][Co+][Cl]. The van der Waals surface area contributed by atoms with Gasteiger partial charge in [-0.2, -0.15) is 0 Å². The zero-order valence-corrected chi connectivity index (χ0v) is 13.3. The van der Waals surface area contributed by atoms with Crippen LogP contribution in [0.25, 0.3) is 0 Å². The number of likely N-dealkylation sites (N-methyl/N-ethyl adjacent to an activating group) is 1. The van der Waals surface area contributed by atoms with E-state index in [4.69, 9.17) is 20.3 Å². The Hall–Kier alpha value is 0.166. The van der Waals surface area contributed by atoms with Crippen LogP contribution in [0, 0.1) is 0 Å². The van der Waals surface area contributed by atoms with Crippen molar-refractivity contribution in [1.82, 2.24) is 4.90 Å². The molecule has 0 aromatic rings. The predicted octanol–water partition coefficient (Wildman–Crippen LogP) is 0.479. The topological polar surface area (TPSA) is 77.5 Å². The molecule has 1 rings (SSSR count). The maximum atomic E-state index is 10.6. The first kappa shape index (κ1) is 19.5. The first-order chi connectivity index (χ1) is 7.94. The molecule has 0 aromatic carbocycles. The molecule has 9 heteroatoms. The standard InChI is InChI=1S/C6H7NO2.C2H3IO2.2ClH.Co/c1-2-7-5(8)3-4-6(7)9;3-1-2(4)5;;;/h3-4H,2H2,1H3;1H2,(H,4,5);2*1H;/q;;;;+3/p-3. The molecule has 0 saturated heterocycles. The molecular weight excluding hydrogens is 431 g/mol. The van der Waals surface area contributed by atoms with Gasteiger partial charge in [0.2, 0.25) is 0 Å². The van der Waals surface area contributed by atoms with E-state index in [1.54, 1.807) is 29.5 Å². The van der Waals surface area contributed by atoms with Gasteiger partial charge in [0, 0.05) is 23.1 Å². The summed E-state index contributed by atoms with van der Waals surface area (Å²) in [6.07, 6.45) is 2.57. The minimum atomic E-state index is -1.01. The number of carbonyl (C=O) groups is 3. The number of alkyl halides is 1. The van der Waals surface area contributed by atoms with Gasteiger partial charge in [-0.3, -0.25) is 14.5 Å². The molecule has 17 heavy (non-hydrogen) atoms. The molecule has 1 aliphatic heterocycles. The number of imide groups is 1. The quantitative estimate of drug-likeness (QED) is 0.356. The molecule has 1 heterocycles. The summed E-state index contributed by atoms with van der Waals surface area (Å²) in [4.78, 5) is 31.7. The second kappa shape index (κ2) is 12.6. The molecule has 0 radical (unpaired) electrons. The molecular formula is C8H9Cl2CoINO4. The summed E-state index contributed by atoms with van der Waals surface area (Å²) in [6, 6.07) is 0. The van der Waals surface area contributed by atoms with E-state index < -0.39 is 5.97 Å². The van der Waals surface area contributed by atoms with Crippen LogP contribution in [-0.2, 0) is 27.3 Å². The van der Waals surface area contributed by atoms with Gasteiger partial charge in [0.15, 0.2) is 0 Å². The Morgan fingerprint density at radius 1 is 1.41 bits per heavy atom. The first-order valence-electron chi connectivity index (χ1n) is 4.07. The van der Waals surface area contributed by atoms with Gasteiger partial charge in [-0.05, 0) is 6.92 Å². The Morgan fingerprint density at radius 3 is 1.82 bits per heavy atom. The molecule has 0 saturated carbocycles. The van der Waals surface area contributed by atoms with Crippen LogP contribution in [-0.4, -0.2) is 33.7 Å². The van der Waals surface area contributed by atoms with Crippen molar-refractivity contribution < 1.29 is 32.4 Å². The van der Waals surface area contributed by atoms with Gasteiger partial charge < -0.3 is 9.90 Å². The Balaban J connectivity index is 0. The number of amides is 2. The third kappa shape index (κ3) is 11.0. The summed E-state index contributed by atoms with van der Waals surface area (Å²) in [6.45, 7) is 2.23. The molecule has 1 aliphatic rings. The summed E-state index contributed by atoms with van der Waals surface area (Å²) >= 11 is 2.10. The van der Waals surface area contributed by atoms with Crippen molar-refractivity contribution in [3.8, 4) is 0 Å². The van der Waals surface area contributed by atoms with E-state index >= 15 is 0 Å². The zero-order valence-electron chi connectivity index (χ0n) is 8.62. The number of halogens is 3. The van der Waals surface area contributed by atoms with Crippen molar-refractivity contribution in [2.24, 2.45) is 0 Å². The van der Waals surface area contributed by atoms with E-state index in [9.17, 15) is 19.5 Å². The van der Waals surface area contributed by atoms with Crippen LogP contribution in [0.5, 0.6) is 0 Å². The second-order valence-corrected chi connectivity index (χ2v) is 4.79. The number of aliphatic carboxylic acids is 1. The molecule has 0 bridgehead atoms. The van der Waals surface area contributed by atoms with Crippen molar-refractivity contribution >= 4 is 60.7 Å². The monoisotopic (exact) mass is 439 g/mol. The number of nitrogens with zero attached hydrogens (tertiary/aromatic N) is 1. The van der Waals surface area contributed by atoms with Crippen molar-refractivity contribution in [1.29, 1.82) is 0 Å². The minimum absolute atomic E-state index is 0.0811. The average Bonchev–Trinajstić information content (AvgIpc) is 2.60. The van der Waals surface area contributed by atoms with Gasteiger partial charge in [0.25, 0.3) is 11.8 Å². The molecule has 100 valence electrons. The molecule has 0 atom stereocenters. The van der Waals surface area contributed by atoms with Gasteiger partial charge in [-0.15, -0.1) is 0 Å². The van der Waals surface area contributed by atoms with Gasteiger partial charge in [-0.25, -0.2) is 0 Å². The number of carboxylic acid groups (broad SMARTS) is 1. The Morgan fingerprint density at radius 2 is 1.71 bits per heavy atom. The Kier molecular flexibility index (Phi) is 14.5. The number of carbonyl (C=O) groups excluding carboxylic acids is 3. The van der Waals surface area contributed by atoms with Gasteiger partial charge in [0.1, 0.15) is 0 Å². The third-order valence-electron chi connectivity index (χ3n) is 1.33. The van der Waals surface area contributed by atoms with Crippen LogP contribution >= 0.6 is 42.9 Å². The van der Waals surface area contributed by atoms with E-state index in [1.165, 1.54) is 17.1 Å². The summed E-state index contributed by atoms with van der Waals surface area (Å²) in [5, 5.41) is 9.25. The fourth-order valence-electron chi connectivity index (χ4n) is 0.743. The summed E-state index contributed by atoms with van der Waals surface area (Å²) in [7, 11) is 9.47. The molecule has 5 nitrogen and oxygen atoms in total. The molecule has 0 aromatic heterocycles. The van der Waals surface area contributed by atoms with Gasteiger partial charge in [0.05, 0.1) is 5.97 Å². The van der Waals surface area contributed by atoms with E-state index in [-0.39, 0.29) is 16.2 Å². The van der Waals surface area contributed by atoms with Crippen LogP contribution in [0.2, 0.25) is 0 Å². The Bertz CT molecular complexity index is 283. The Labute approximate surface area is 127 Å². The normalized spacial score (nSPS) is 12.8. The molecule has 2 amide bonds. The average molecular weight is 440 g/mol. The number of hydrogen-bond acceptors (Lipinski definition) is 4. The summed E-state index contributed by atoms with van der Waals surface area (Å²) < 4.78 is 0.0811. The number of rotatable bonds is 2. The van der Waals surface area contributed by atoms with Crippen LogP contribution < -0.4 is 5.11 Å². The second-order valence-electron chi connectivity index (χ2n) is 2.31. The van der Waals surface area contributed by atoms with E-state index in [0.717, 1.165) is 0 Å². The number of carboxylic acids is 1. The van der Waals surface area contributed by atoms with Crippen molar-refractivity contribution in [3.05, 3.63) is 12.2 Å². The van der Waals surface area contributed by atoms with Crippen LogP contribution in [0.1, 0.15) is 6.92 Å². The summed E-state index contributed by atoms with van der Waals surface area (Å²) in [5.74, 6) is -1.42. The van der Waals surface area contributed by atoms with Crippen LogP contribution in [0.15, 0.2) is 12.2 Å². The van der Waals surface area contributed by atoms with E-state index in [1.807, 2.05) is 0 Å². The van der Waals surface area contributed by atoms with Crippen molar-refractivity contribution in [2.75, 3.05) is 11.0 Å². The van der Waals surface area contributed by atoms with E-state index in [0.29, 0.717) is 19.4 Å². The zero-order chi connectivity index (χ0) is 13.8. The van der Waals surface area contributed by atoms with Gasteiger partial charge >= 0.3 is 33.2 Å².